The van der Waals surface area contributed by atoms with E-state index in [1.807, 2.05) is 72.8 Å². The van der Waals surface area contributed by atoms with Crippen molar-refractivity contribution in [1.29, 1.82) is 0 Å². The maximum atomic E-state index is 5.29. The number of para-hydroxylation sites is 1. The van der Waals surface area contributed by atoms with Gasteiger partial charge in [0, 0.05) is 44.0 Å². The van der Waals surface area contributed by atoms with Crippen molar-refractivity contribution in [2.24, 2.45) is 0 Å². The Balaban J connectivity index is 1.09. The minimum absolute atomic E-state index is 0.627. The molecule has 0 bridgehead atoms. The lowest BCUT2D eigenvalue weighted by atomic mass is 9.93. The van der Waals surface area contributed by atoms with E-state index in [0.29, 0.717) is 17.5 Å². The van der Waals surface area contributed by atoms with Crippen LogP contribution < -0.4 is 0 Å². The maximum absolute atomic E-state index is 5.29. The van der Waals surface area contributed by atoms with Crippen molar-refractivity contribution in [2.45, 2.75) is 0 Å². The number of hydrogen-bond acceptors (Lipinski definition) is 7. The van der Waals surface area contributed by atoms with E-state index in [1.165, 1.54) is 11.7 Å². The van der Waals surface area contributed by atoms with Gasteiger partial charge < -0.3 is 0 Å². The summed E-state index contributed by atoms with van der Waals surface area (Å²) >= 11 is 1.25. The number of hydrogen-bond donors (Lipinski definition) is 0. The lowest BCUT2D eigenvalue weighted by molar-refractivity contribution is 1.07. The van der Waals surface area contributed by atoms with E-state index in [1.54, 1.807) is 0 Å². The van der Waals surface area contributed by atoms with Crippen molar-refractivity contribution in [1.82, 2.24) is 28.7 Å². The fourth-order valence-corrected chi connectivity index (χ4v) is 7.58. The molecule has 10 rings (SSSR count). The lowest BCUT2D eigenvalue weighted by Gasteiger charge is -2.14. The Hall–Kier alpha value is -6.96. The highest BCUT2D eigenvalue weighted by molar-refractivity contribution is 7.00. The Labute approximate surface area is 309 Å². The largest absolute Gasteiger partial charge is 0.247 e. The Kier molecular flexibility index (Phi) is 7.55. The van der Waals surface area contributed by atoms with Crippen LogP contribution in [-0.2, 0) is 0 Å². The first-order valence-electron chi connectivity index (χ1n) is 17.4. The molecule has 0 N–H and O–H groups in total. The molecule has 0 saturated carbocycles. The highest BCUT2D eigenvalue weighted by Gasteiger charge is 2.19. The average Bonchev–Trinajstić information content (AvgIpc) is 3.74. The molecule has 7 aromatic carbocycles. The topological polar surface area (TPSA) is 77.3 Å². The van der Waals surface area contributed by atoms with Gasteiger partial charge in [-0.25, -0.2) is 19.9 Å². The third kappa shape index (κ3) is 5.60. The Morgan fingerprint density at radius 1 is 0.340 bits per heavy atom. The molecule has 0 atom stereocenters. The van der Waals surface area contributed by atoms with Gasteiger partial charge in [-0.05, 0) is 34.9 Å². The van der Waals surface area contributed by atoms with Gasteiger partial charge in [0.05, 0.1) is 22.9 Å². The van der Waals surface area contributed by atoms with Crippen LogP contribution >= 0.6 is 11.7 Å². The summed E-state index contributed by atoms with van der Waals surface area (Å²) < 4.78 is 9.63. The molecule has 0 fully saturated rings. The highest BCUT2D eigenvalue weighted by atomic mass is 32.1. The number of nitrogens with zero attached hydrogens (tertiary/aromatic N) is 6. The molecule has 0 radical (unpaired) electrons. The zero-order valence-corrected chi connectivity index (χ0v) is 29.1. The van der Waals surface area contributed by atoms with E-state index < -0.39 is 0 Å². The molecule has 3 aromatic heterocycles. The van der Waals surface area contributed by atoms with E-state index in [0.717, 1.165) is 82.9 Å². The van der Waals surface area contributed by atoms with Crippen molar-refractivity contribution in [2.75, 3.05) is 0 Å². The second-order valence-electron chi connectivity index (χ2n) is 12.8. The minimum Gasteiger partial charge on any atom is -0.247 e. The highest BCUT2D eigenvalue weighted by Crippen LogP contribution is 2.41. The van der Waals surface area contributed by atoms with Crippen LogP contribution in [0.15, 0.2) is 170 Å². The molecule has 0 aliphatic carbocycles. The van der Waals surface area contributed by atoms with Crippen molar-refractivity contribution >= 4 is 44.4 Å². The monoisotopic (exact) mass is 696 g/mol. The quantitative estimate of drug-likeness (QED) is 0.161. The molecular weight excluding hydrogens is 669 g/mol. The molecule has 0 amide bonds. The summed E-state index contributed by atoms with van der Waals surface area (Å²) in [4.78, 5) is 20.0. The van der Waals surface area contributed by atoms with Crippen molar-refractivity contribution < 1.29 is 0 Å². The first-order valence-corrected chi connectivity index (χ1v) is 18.1. The zero-order chi connectivity index (χ0) is 35.1. The third-order valence-corrected chi connectivity index (χ3v) is 10.1. The van der Waals surface area contributed by atoms with E-state index in [-0.39, 0.29) is 0 Å². The van der Waals surface area contributed by atoms with Crippen LogP contribution in [0, 0.1) is 0 Å². The third-order valence-electron chi connectivity index (χ3n) is 9.60. The van der Waals surface area contributed by atoms with Gasteiger partial charge in [-0.3, -0.25) is 0 Å². The molecule has 3 heterocycles. The Morgan fingerprint density at radius 3 is 1.51 bits per heavy atom. The van der Waals surface area contributed by atoms with Crippen LogP contribution in [0.1, 0.15) is 0 Å². The van der Waals surface area contributed by atoms with Gasteiger partial charge in [-0.2, -0.15) is 8.75 Å². The fraction of sp³-hybridized carbons (Fsp3) is 0. The number of aromatic nitrogens is 6. The summed E-state index contributed by atoms with van der Waals surface area (Å²) in [6.07, 6.45) is 0. The number of benzene rings is 7. The molecule has 248 valence electrons. The summed E-state index contributed by atoms with van der Waals surface area (Å²) in [5.41, 5.74) is 11.8. The molecule has 10 aromatic rings. The number of fused-ring (bicyclic) bond motifs is 5. The number of rotatable bonds is 6. The normalized spacial score (nSPS) is 11.4. The van der Waals surface area contributed by atoms with Crippen LogP contribution in [0.25, 0.3) is 100 Å². The summed E-state index contributed by atoms with van der Waals surface area (Å²) in [6, 6.07) is 58.1. The molecule has 0 aliphatic heterocycles. The van der Waals surface area contributed by atoms with Gasteiger partial charge in [0.25, 0.3) is 0 Å². The van der Waals surface area contributed by atoms with E-state index in [2.05, 4.69) is 97.1 Å². The first kappa shape index (κ1) is 30.8. The van der Waals surface area contributed by atoms with Gasteiger partial charge in [-0.15, -0.1) is 0 Å². The van der Waals surface area contributed by atoms with Crippen LogP contribution in [0.2, 0.25) is 0 Å². The second kappa shape index (κ2) is 13.0. The molecule has 53 heavy (non-hydrogen) atoms. The molecule has 0 aliphatic rings. The van der Waals surface area contributed by atoms with Gasteiger partial charge in [0.2, 0.25) is 0 Å². The maximum Gasteiger partial charge on any atom is 0.164 e. The Bertz CT molecular complexity index is 2870. The van der Waals surface area contributed by atoms with Gasteiger partial charge in [-0.1, -0.05) is 152 Å². The standard InChI is InChI=1S/C46H28N6S/c1-4-13-30(14-5-1)37-28-38-40(43-42(37)51-53-52-43)36-21-10-11-22-39(36)47-41(38)35-20-12-19-34(27-35)29-23-25-33(26-24-29)46-49-44(31-15-6-2-7-16-31)48-45(50-46)32-17-8-3-9-18-32/h1-28H. The fourth-order valence-electron chi connectivity index (χ4n) is 7.02. The summed E-state index contributed by atoms with van der Waals surface area (Å²) in [5, 5.41) is 3.19. The lowest BCUT2D eigenvalue weighted by Crippen LogP contribution is -2.00. The van der Waals surface area contributed by atoms with E-state index in [4.69, 9.17) is 28.7 Å². The first-order chi connectivity index (χ1) is 26.3. The van der Waals surface area contributed by atoms with Crippen LogP contribution in [0.4, 0.5) is 0 Å². The van der Waals surface area contributed by atoms with E-state index >= 15 is 0 Å². The Morgan fingerprint density at radius 2 is 0.849 bits per heavy atom. The summed E-state index contributed by atoms with van der Waals surface area (Å²) in [6.45, 7) is 0. The SMILES string of the molecule is c1ccc(-c2nc(-c3ccccc3)nc(-c3ccc(-c4cccc(-c5nc6ccccc6c6c5cc(-c5ccccc5)c5nsnc56)c4)cc3)n2)cc1. The predicted molar refractivity (Wildman–Crippen MR) is 216 cm³/mol. The van der Waals surface area contributed by atoms with Crippen molar-refractivity contribution in [3.63, 3.8) is 0 Å². The smallest absolute Gasteiger partial charge is 0.164 e. The van der Waals surface area contributed by atoms with Crippen LogP contribution in [-0.4, -0.2) is 28.7 Å². The molecule has 7 heteroatoms. The summed E-state index contributed by atoms with van der Waals surface area (Å²) in [7, 11) is 0. The minimum atomic E-state index is 0.627. The molecule has 0 spiro atoms. The van der Waals surface area contributed by atoms with Crippen LogP contribution in [0.5, 0.6) is 0 Å². The zero-order valence-electron chi connectivity index (χ0n) is 28.3. The summed E-state index contributed by atoms with van der Waals surface area (Å²) in [5.74, 6) is 1.91. The van der Waals surface area contributed by atoms with E-state index in [9.17, 15) is 0 Å². The van der Waals surface area contributed by atoms with Gasteiger partial charge >= 0.3 is 0 Å². The molecule has 0 unspecified atom stereocenters. The van der Waals surface area contributed by atoms with Crippen molar-refractivity contribution in [3.8, 4) is 67.7 Å². The van der Waals surface area contributed by atoms with Crippen molar-refractivity contribution in [3.05, 3.63) is 170 Å². The predicted octanol–water partition coefficient (Wildman–Crippen LogP) is 11.6. The molecule has 0 saturated heterocycles. The second-order valence-corrected chi connectivity index (χ2v) is 13.4. The van der Waals surface area contributed by atoms with Gasteiger partial charge in [0.15, 0.2) is 17.5 Å². The van der Waals surface area contributed by atoms with Crippen LogP contribution in [0.3, 0.4) is 0 Å². The molecular formula is C46H28N6S. The number of pyridine rings is 1. The van der Waals surface area contributed by atoms with Gasteiger partial charge in [0.1, 0.15) is 11.0 Å². The average molecular weight is 697 g/mol. The molecule has 6 nitrogen and oxygen atoms in total.